The van der Waals surface area contributed by atoms with Gasteiger partial charge in [0.1, 0.15) is 0 Å². The smallest absolute Gasteiger partial charge is 0.220 e. The van der Waals surface area contributed by atoms with Gasteiger partial charge in [-0.2, -0.15) is 0 Å². The van der Waals surface area contributed by atoms with Crippen LogP contribution in [0.5, 0.6) is 0 Å². The Labute approximate surface area is 110 Å². The maximum absolute atomic E-state index is 11.9. The number of hydrogen-bond donors (Lipinski definition) is 2. The van der Waals surface area contributed by atoms with Crippen molar-refractivity contribution in [3.8, 4) is 0 Å². The van der Waals surface area contributed by atoms with Crippen molar-refractivity contribution in [3.05, 3.63) is 0 Å². The van der Waals surface area contributed by atoms with Gasteiger partial charge in [-0.3, -0.25) is 4.79 Å². The van der Waals surface area contributed by atoms with E-state index in [-0.39, 0.29) is 18.1 Å². The molecule has 4 nitrogen and oxygen atoms in total. The summed E-state index contributed by atoms with van der Waals surface area (Å²) in [4.78, 5) is 11.9. The molecule has 18 heavy (non-hydrogen) atoms. The van der Waals surface area contributed by atoms with Crippen LogP contribution in [-0.4, -0.2) is 31.2 Å². The number of ether oxygens (including phenoxy) is 1. The fourth-order valence-electron chi connectivity index (χ4n) is 3.09. The minimum absolute atomic E-state index is 0.163. The second-order valence-electron chi connectivity index (χ2n) is 5.84. The molecule has 0 bridgehead atoms. The van der Waals surface area contributed by atoms with Gasteiger partial charge >= 0.3 is 0 Å². The maximum Gasteiger partial charge on any atom is 0.220 e. The van der Waals surface area contributed by atoms with E-state index in [0.717, 1.165) is 32.4 Å². The average molecular weight is 254 g/mol. The molecule has 0 spiro atoms. The molecule has 2 fully saturated rings. The van der Waals surface area contributed by atoms with E-state index in [2.05, 4.69) is 12.2 Å². The van der Waals surface area contributed by atoms with E-state index in [4.69, 9.17) is 10.5 Å². The largest absolute Gasteiger partial charge is 0.378 e. The quantitative estimate of drug-likeness (QED) is 0.798. The minimum Gasteiger partial charge on any atom is -0.378 e. The Morgan fingerprint density at radius 3 is 2.72 bits per heavy atom. The lowest BCUT2D eigenvalue weighted by Crippen LogP contribution is -2.38. The first-order valence-corrected chi connectivity index (χ1v) is 7.30. The van der Waals surface area contributed by atoms with E-state index >= 15 is 0 Å². The van der Waals surface area contributed by atoms with Crippen LogP contribution in [0.2, 0.25) is 0 Å². The summed E-state index contributed by atoms with van der Waals surface area (Å²) in [5.74, 6) is 1.03. The Morgan fingerprint density at radius 1 is 1.28 bits per heavy atom. The average Bonchev–Trinajstić information content (AvgIpc) is 2.75. The van der Waals surface area contributed by atoms with Crippen molar-refractivity contribution in [2.24, 2.45) is 17.6 Å². The first-order chi connectivity index (χ1) is 8.66. The zero-order valence-electron chi connectivity index (χ0n) is 11.4. The highest BCUT2D eigenvalue weighted by Gasteiger charge is 2.26. The molecular formula is C14H26N2O2. The number of amides is 1. The van der Waals surface area contributed by atoms with Crippen molar-refractivity contribution in [1.29, 1.82) is 0 Å². The van der Waals surface area contributed by atoms with Crippen molar-refractivity contribution in [1.82, 2.24) is 5.32 Å². The molecule has 1 aliphatic heterocycles. The molecule has 1 heterocycles. The van der Waals surface area contributed by atoms with Gasteiger partial charge < -0.3 is 15.8 Å². The van der Waals surface area contributed by atoms with E-state index < -0.39 is 0 Å². The standard InChI is InChI=1S/C14H26N2O2/c1-10-12(6-7-18-10)9-16-14(17)8-11-4-2-3-5-13(11)15/h10-13H,2-9,15H2,1H3,(H,16,17). The zero-order chi connectivity index (χ0) is 13.0. The number of nitrogens with two attached hydrogens (primary N) is 1. The van der Waals surface area contributed by atoms with Crippen LogP contribution in [0.4, 0.5) is 0 Å². The van der Waals surface area contributed by atoms with Crippen LogP contribution in [0, 0.1) is 11.8 Å². The van der Waals surface area contributed by atoms with E-state index in [1.165, 1.54) is 12.8 Å². The van der Waals surface area contributed by atoms with Gasteiger partial charge in [0, 0.05) is 31.5 Å². The van der Waals surface area contributed by atoms with Gasteiger partial charge in [-0.15, -0.1) is 0 Å². The number of nitrogens with one attached hydrogen (secondary N) is 1. The molecular weight excluding hydrogens is 228 g/mol. The lowest BCUT2D eigenvalue weighted by atomic mass is 9.83. The molecule has 0 aromatic heterocycles. The minimum atomic E-state index is 0.163. The molecule has 0 aromatic rings. The number of carbonyl (C=O) groups is 1. The first kappa shape index (κ1) is 13.8. The summed E-state index contributed by atoms with van der Waals surface area (Å²) in [6, 6.07) is 0.221. The highest BCUT2D eigenvalue weighted by atomic mass is 16.5. The van der Waals surface area contributed by atoms with Crippen LogP contribution in [0.3, 0.4) is 0 Å². The van der Waals surface area contributed by atoms with Crippen molar-refractivity contribution < 1.29 is 9.53 Å². The van der Waals surface area contributed by atoms with Gasteiger partial charge in [-0.1, -0.05) is 12.8 Å². The fourth-order valence-corrected chi connectivity index (χ4v) is 3.09. The number of rotatable bonds is 4. The summed E-state index contributed by atoms with van der Waals surface area (Å²) in [6.07, 6.45) is 6.56. The lowest BCUT2D eigenvalue weighted by Gasteiger charge is -2.28. The molecule has 0 aromatic carbocycles. The predicted octanol–water partition coefficient (Wildman–Crippen LogP) is 1.44. The van der Waals surface area contributed by atoms with Gasteiger partial charge in [0.2, 0.25) is 5.91 Å². The predicted molar refractivity (Wildman–Crippen MR) is 71.1 cm³/mol. The van der Waals surface area contributed by atoms with E-state index in [1.807, 2.05) is 0 Å². The molecule has 1 saturated heterocycles. The number of hydrogen-bond acceptors (Lipinski definition) is 3. The van der Waals surface area contributed by atoms with Gasteiger partial charge in [-0.25, -0.2) is 0 Å². The SMILES string of the molecule is CC1OCCC1CNC(=O)CC1CCCCC1N. The van der Waals surface area contributed by atoms with Crippen LogP contribution < -0.4 is 11.1 Å². The monoisotopic (exact) mass is 254 g/mol. The third-order valence-electron chi connectivity index (χ3n) is 4.51. The molecule has 1 saturated carbocycles. The molecule has 0 radical (unpaired) electrons. The van der Waals surface area contributed by atoms with Gasteiger partial charge in [0.05, 0.1) is 6.10 Å². The molecule has 3 N–H and O–H groups in total. The second-order valence-corrected chi connectivity index (χ2v) is 5.84. The summed E-state index contributed by atoms with van der Waals surface area (Å²) in [6.45, 7) is 3.66. The Balaban J connectivity index is 1.68. The Bertz CT molecular complexity index is 283. The Morgan fingerprint density at radius 2 is 2.06 bits per heavy atom. The lowest BCUT2D eigenvalue weighted by molar-refractivity contribution is -0.122. The maximum atomic E-state index is 11.9. The third kappa shape index (κ3) is 3.69. The van der Waals surface area contributed by atoms with Gasteiger partial charge in [0.25, 0.3) is 0 Å². The van der Waals surface area contributed by atoms with Crippen LogP contribution in [0.1, 0.15) is 45.4 Å². The molecule has 1 aliphatic carbocycles. The van der Waals surface area contributed by atoms with Crippen molar-refractivity contribution in [2.45, 2.75) is 57.6 Å². The third-order valence-corrected chi connectivity index (χ3v) is 4.51. The van der Waals surface area contributed by atoms with Crippen molar-refractivity contribution in [2.75, 3.05) is 13.2 Å². The van der Waals surface area contributed by atoms with E-state index in [0.29, 0.717) is 18.3 Å². The highest BCUT2D eigenvalue weighted by Crippen LogP contribution is 2.25. The normalized spacial score (nSPS) is 36.6. The first-order valence-electron chi connectivity index (χ1n) is 7.30. The molecule has 2 rings (SSSR count). The van der Waals surface area contributed by atoms with E-state index in [1.54, 1.807) is 0 Å². The molecule has 2 aliphatic rings. The van der Waals surface area contributed by atoms with Crippen LogP contribution in [0.15, 0.2) is 0 Å². The summed E-state index contributed by atoms with van der Waals surface area (Å²) in [5.41, 5.74) is 6.07. The highest BCUT2D eigenvalue weighted by molar-refractivity contribution is 5.76. The Kier molecular flexibility index (Phi) is 5.01. The van der Waals surface area contributed by atoms with Crippen LogP contribution in [0.25, 0.3) is 0 Å². The second kappa shape index (κ2) is 6.53. The summed E-state index contributed by atoms with van der Waals surface area (Å²) in [7, 11) is 0. The summed E-state index contributed by atoms with van der Waals surface area (Å²) < 4.78 is 5.49. The van der Waals surface area contributed by atoms with Crippen molar-refractivity contribution >= 4 is 5.91 Å². The van der Waals surface area contributed by atoms with E-state index in [9.17, 15) is 4.79 Å². The molecule has 104 valence electrons. The molecule has 4 atom stereocenters. The van der Waals surface area contributed by atoms with Gasteiger partial charge in [0.15, 0.2) is 0 Å². The van der Waals surface area contributed by atoms with Crippen LogP contribution >= 0.6 is 0 Å². The number of carbonyl (C=O) groups excluding carboxylic acids is 1. The Hall–Kier alpha value is -0.610. The van der Waals surface area contributed by atoms with Crippen molar-refractivity contribution in [3.63, 3.8) is 0 Å². The molecule has 4 unspecified atom stereocenters. The molecule has 1 amide bonds. The van der Waals surface area contributed by atoms with Crippen LogP contribution in [-0.2, 0) is 9.53 Å². The summed E-state index contributed by atoms with van der Waals surface area (Å²) in [5, 5.41) is 3.05. The fraction of sp³-hybridized carbons (Fsp3) is 0.929. The zero-order valence-corrected chi connectivity index (χ0v) is 11.4. The molecule has 4 heteroatoms. The van der Waals surface area contributed by atoms with Gasteiger partial charge in [-0.05, 0) is 32.1 Å². The topological polar surface area (TPSA) is 64.3 Å². The summed E-state index contributed by atoms with van der Waals surface area (Å²) >= 11 is 0.